The average molecular weight is 477 g/mol. The van der Waals surface area contributed by atoms with E-state index in [1.165, 1.54) is 5.56 Å². The number of ether oxygens (including phenoxy) is 2. The maximum Gasteiger partial charge on any atom is 0.266 e. The number of rotatable bonds is 8. The Morgan fingerprint density at radius 3 is 2.53 bits per heavy atom. The minimum atomic E-state index is -0.478. The highest BCUT2D eigenvalue weighted by Crippen LogP contribution is 2.30. The van der Waals surface area contributed by atoms with Gasteiger partial charge in [0.2, 0.25) is 0 Å². The fraction of sp³-hybridized carbons (Fsp3) is 0.161. The highest BCUT2D eigenvalue weighted by molar-refractivity contribution is 6.09. The molecular weight excluding hydrogens is 448 g/mol. The number of carbonyl (C=O) groups excluding carboxylic acids is 1. The van der Waals surface area contributed by atoms with Crippen LogP contribution in [-0.4, -0.2) is 13.0 Å². The van der Waals surface area contributed by atoms with Gasteiger partial charge in [-0.25, -0.2) is 0 Å². The SMILES string of the molecule is CCc1ccc(NC(=O)/C(C#N)=C/c2ccc(OC)cc2OCc2c(C)ccc3ccccc23)cc1. The van der Waals surface area contributed by atoms with E-state index in [1.54, 1.807) is 31.4 Å². The molecule has 1 amide bonds. The predicted molar refractivity (Wildman–Crippen MR) is 144 cm³/mol. The molecule has 4 aromatic rings. The van der Waals surface area contributed by atoms with Gasteiger partial charge in [0.15, 0.2) is 0 Å². The van der Waals surface area contributed by atoms with Crippen molar-refractivity contribution in [2.24, 2.45) is 0 Å². The Morgan fingerprint density at radius 2 is 1.81 bits per heavy atom. The smallest absolute Gasteiger partial charge is 0.266 e. The zero-order chi connectivity index (χ0) is 25.5. The minimum absolute atomic E-state index is 0.0223. The van der Waals surface area contributed by atoms with Gasteiger partial charge in [-0.3, -0.25) is 4.79 Å². The number of carbonyl (C=O) groups is 1. The second kappa shape index (κ2) is 11.2. The Morgan fingerprint density at radius 1 is 1.03 bits per heavy atom. The van der Waals surface area contributed by atoms with Gasteiger partial charge >= 0.3 is 0 Å². The van der Waals surface area contributed by atoms with Crippen LogP contribution in [-0.2, 0) is 17.8 Å². The second-order valence-electron chi connectivity index (χ2n) is 8.45. The van der Waals surface area contributed by atoms with Crippen LogP contribution in [0.5, 0.6) is 11.5 Å². The summed E-state index contributed by atoms with van der Waals surface area (Å²) in [5.41, 5.74) is 4.61. The molecule has 4 aromatic carbocycles. The molecule has 0 heterocycles. The standard InChI is InChI=1S/C31H28N2O3/c1-4-22-10-14-26(15-11-22)33-31(34)25(19-32)17-24-13-16-27(35-3)18-30(24)36-20-29-21(2)9-12-23-7-5-6-8-28(23)29/h5-18H,4,20H2,1-3H3,(H,33,34)/b25-17+. The van der Waals surface area contributed by atoms with Gasteiger partial charge in [-0.1, -0.05) is 55.5 Å². The van der Waals surface area contributed by atoms with Gasteiger partial charge in [-0.15, -0.1) is 0 Å². The van der Waals surface area contributed by atoms with E-state index >= 15 is 0 Å². The van der Waals surface area contributed by atoms with Crippen LogP contribution in [0.25, 0.3) is 16.8 Å². The minimum Gasteiger partial charge on any atom is -0.497 e. The van der Waals surface area contributed by atoms with Gasteiger partial charge in [0, 0.05) is 22.9 Å². The summed E-state index contributed by atoms with van der Waals surface area (Å²) >= 11 is 0. The third-order valence-electron chi connectivity index (χ3n) is 6.15. The molecule has 0 aliphatic heterocycles. The number of anilines is 1. The number of hydrogen-bond donors (Lipinski definition) is 1. The molecule has 4 rings (SSSR count). The molecule has 5 heteroatoms. The Balaban J connectivity index is 1.62. The molecule has 0 aromatic heterocycles. The Labute approximate surface area is 211 Å². The number of aryl methyl sites for hydroxylation is 2. The number of amides is 1. The van der Waals surface area contributed by atoms with Gasteiger partial charge in [-0.2, -0.15) is 5.26 Å². The highest BCUT2D eigenvalue weighted by atomic mass is 16.5. The molecular formula is C31H28N2O3. The first-order chi connectivity index (χ1) is 17.5. The molecule has 0 fully saturated rings. The molecule has 0 atom stereocenters. The molecule has 5 nitrogen and oxygen atoms in total. The average Bonchev–Trinajstić information content (AvgIpc) is 2.91. The number of benzene rings is 4. The number of fused-ring (bicyclic) bond motifs is 1. The van der Waals surface area contributed by atoms with Crippen LogP contribution < -0.4 is 14.8 Å². The summed E-state index contributed by atoms with van der Waals surface area (Å²) in [5, 5.41) is 14.8. The number of nitriles is 1. The fourth-order valence-corrected chi connectivity index (χ4v) is 4.00. The summed E-state index contributed by atoms with van der Waals surface area (Å²) in [5.74, 6) is 0.665. The zero-order valence-electron chi connectivity index (χ0n) is 20.7. The summed E-state index contributed by atoms with van der Waals surface area (Å²) in [4.78, 5) is 12.8. The van der Waals surface area contributed by atoms with Crippen LogP contribution in [0.15, 0.2) is 84.4 Å². The molecule has 0 radical (unpaired) electrons. The highest BCUT2D eigenvalue weighted by Gasteiger charge is 2.13. The van der Waals surface area contributed by atoms with Crippen molar-refractivity contribution in [3.05, 3.63) is 107 Å². The Kier molecular flexibility index (Phi) is 7.67. The maximum absolute atomic E-state index is 12.8. The molecule has 0 aliphatic carbocycles. The summed E-state index contributed by atoms with van der Waals surface area (Å²) in [6, 6.07) is 27.3. The number of hydrogen-bond acceptors (Lipinski definition) is 4. The van der Waals surface area contributed by atoms with Gasteiger partial charge in [0.1, 0.15) is 29.7 Å². The first-order valence-corrected chi connectivity index (χ1v) is 11.8. The van der Waals surface area contributed by atoms with Crippen LogP contribution in [0.4, 0.5) is 5.69 Å². The third kappa shape index (κ3) is 5.56. The van der Waals surface area contributed by atoms with Gasteiger partial charge < -0.3 is 14.8 Å². The van der Waals surface area contributed by atoms with Crippen molar-refractivity contribution in [3.8, 4) is 17.6 Å². The summed E-state index contributed by atoms with van der Waals surface area (Å²) in [6.45, 7) is 4.46. The van der Waals surface area contributed by atoms with E-state index in [-0.39, 0.29) is 5.57 Å². The number of nitrogens with one attached hydrogen (secondary N) is 1. The van der Waals surface area contributed by atoms with Crippen LogP contribution in [0.1, 0.15) is 29.2 Å². The van der Waals surface area contributed by atoms with E-state index in [4.69, 9.17) is 9.47 Å². The van der Waals surface area contributed by atoms with Crippen molar-refractivity contribution in [2.75, 3.05) is 12.4 Å². The number of methoxy groups -OCH3 is 1. The molecule has 1 N–H and O–H groups in total. The van der Waals surface area contributed by atoms with Crippen molar-refractivity contribution in [1.82, 2.24) is 0 Å². The van der Waals surface area contributed by atoms with Gasteiger partial charge in [0.25, 0.3) is 5.91 Å². The quantitative estimate of drug-likeness (QED) is 0.223. The Bertz CT molecular complexity index is 1460. The van der Waals surface area contributed by atoms with Gasteiger partial charge in [-0.05, 0) is 65.6 Å². The van der Waals surface area contributed by atoms with E-state index in [9.17, 15) is 10.1 Å². The van der Waals surface area contributed by atoms with Crippen molar-refractivity contribution < 1.29 is 14.3 Å². The van der Waals surface area contributed by atoms with E-state index in [2.05, 4.69) is 43.4 Å². The molecule has 180 valence electrons. The molecule has 0 spiro atoms. The maximum atomic E-state index is 12.8. The lowest BCUT2D eigenvalue weighted by Gasteiger charge is -2.15. The van der Waals surface area contributed by atoms with Crippen LogP contribution in [0, 0.1) is 18.3 Å². The van der Waals surface area contributed by atoms with E-state index in [0.29, 0.717) is 29.4 Å². The summed E-state index contributed by atoms with van der Waals surface area (Å²) in [6.07, 6.45) is 2.45. The third-order valence-corrected chi connectivity index (χ3v) is 6.15. The normalized spacial score (nSPS) is 11.1. The van der Waals surface area contributed by atoms with E-state index in [0.717, 1.165) is 28.3 Å². The lowest BCUT2D eigenvalue weighted by molar-refractivity contribution is -0.112. The monoisotopic (exact) mass is 476 g/mol. The molecule has 0 unspecified atom stereocenters. The molecule has 0 bridgehead atoms. The Hall–Kier alpha value is -4.56. The molecule has 0 aliphatic rings. The largest absolute Gasteiger partial charge is 0.497 e. The lowest BCUT2D eigenvalue weighted by atomic mass is 10.0. The lowest BCUT2D eigenvalue weighted by Crippen LogP contribution is -2.13. The number of nitrogens with zero attached hydrogens (tertiary/aromatic N) is 1. The predicted octanol–water partition coefficient (Wildman–Crippen LogP) is 6.84. The summed E-state index contributed by atoms with van der Waals surface area (Å²) < 4.78 is 11.6. The van der Waals surface area contributed by atoms with Crippen molar-refractivity contribution in [3.63, 3.8) is 0 Å². The first kappa shape index (κ1) is 24.6. The van der Waals surface area contributed by atoms with Crippen molar-refractivity contribution in [1.29, 1.82) is 5.26 Å². The van der Waals surface area contributed by atoms with Crippen LogP contribution in [0.3, 0.4) is 0 Å². The van der Waals surface area contributed by atoms with Crippen LogP contribution in [0.2, 0.25) is 0 Å². The fourth-order valence-electron chi connectivity index (χ4n) is 4.00. The van der Waals surface area contributed by atoms with Crippen molar-refractivity contribution >= 4 is 28.4 Å². The van der Waals surface area contributed by atoms with Gasteiger partial charge in [0.05, 0.1) is 7.11 Å². The zero-order valence-corrected chi connectivity index (χ0v) is 20.7. The second-order valence-corrected chi connectivity index (χ2v) is 8.45. The van der Waals surface area contributed by atoms with E-state index in [1.807, 2.05) is 42.5 Å². The topological polar surface area (TPSA) is 71.4 Å². The van der Waals surface area contributed by atoms with Crippen molar-refractivity contribution in [2.45, 2.75) is 26.9 Å². The van der Waals surface area contributed by atoms with E-state index < -0.39 is 5.91 Å². The summed E-state index contributed by atoms with van der Waals surface area (Å²) in [7, 11) is 1.58. The molecule has 0 saturated carbocycles. The first-order valence-electron chi connectivity index (χ1n) is 11.8. The molecule has 0 saturated heterocycles. The van der Waals surface area contributed by atoms with Crippen LogP contribution >= 0.6 is 0 Å². The molecule has 36 heavy (non-hydrogen) atoms.